The zero-order valence-corrected chi connectivity index (χ0v) is 6.33. The number of aromatic nitrogens is 8. The summed E-state index contributed by atoms with van der Waals surface area (Å²) in [6.07, 6.45) is 0. The Labute approximate surface area is 74.4 Å². The van der Waals surface area contributed by atoms with Gasteiger partial charge in [0.1, 0.15) is 0 Å². The van der Waals surface area contributed by atoms with Gasteiger partial charge in [-0.3, -0.25) is 0 Å². The van der Waals surface area contributed by atoms with Crippen molar-refractivity contribution in [3.63, 3.8) is 0 Å². The molecule has 2 rings (SSSR count). The Hall–Kier alpha value is -2.66. The summed E-state index contributed by atoms with van der Waals surface area (Å²) >= 11 is 0. The lowest BCUT2D eigenvalue weighted by Gasteiger charge is -1.98. The highest BCUT2D eigenvalue weighted by Gasteiger charge is 2.02. The number of nitrogens with zero attached hydrogens (tertiary/aromatic N) is 10. The highest BCUT2D eigenvalue weighted by atomic mass is 16.5. The Morgan fingerprint density at radius 3 is 2.29 bits per heavy atom. The smallest absolute Gasteiger partial charge is 0.325 e. The van der Waals surface area contributed by atoms with E-state index in [-0.39, 0.29) is 21.6 Å². The third kappa shape index (κ3) is 1.30. The van der Waals surface area contributed by atoms with Crippen molar-refractivity contribution >= 4 is 11.9 Å². The predicted octanol–water partition coefficient (Wildman–Crippen LogP) is -1.34. The van der Waals surface area contributed by atoms with Crippen LogP contribution in [0.1, 0.15) is 0 Å². The average Bonchev–Trinajstić information content (AvgIpc) is 2.72. The molecule has 0 spiro atoms. The van der Waals surface area contributed by atoms with Gasteiger partial charge >= 0.3 is 5.95 Å². The van der Waals surface area contributed by atoms with E-state index >= 15 is 0 Å². The molecule has 0 bridgehead atoms. The Kier molecular flexibility index (Phi) is 1.71. The van der Waals surface area contributed by atoms with Crippen LogP contribution in [0.4, 0.5) is 11.9 Å². The van der Waals surface area contributed by atoms with Crippen LogP contribution in [0.25, 0.3) is 0 Å². The third-order valence-corrected chi connectivity index (χ3v) is 1.09. The molecule has 0 saturated heterocycles. The SMILES string of the molecule is [O-]n1nnnc1/N=N/c1nnnn1O. The number of azo groups is 1. The van der Waals surface area contributed by atoms with Crippen LogP contribution >= 0.6 is 0 Å². The standard InChI is InChI=1S/C2HN10O2/c13-11-1(5-7-9-11)3-4-2-6-8-10-12(2)14/h13H/q-1/b4-3+. The maximum Gasteiger partial charge on any atom is 0.325 e. The molecule has 0 radical (unpaired) electrons. The summed E-state index contributed by atoms with van der Waals surface area (Å²) in [5, 5.41) is 44.7. The topological polar surface area (TPSA) is 155 Å². The zero-order chi connectivity index (χ0) is 9.97. The second-order valence-corrected chi connectivity index (χ2v) is 1.92. The molecule has 0 unspecified atom stereocenters. The fourth-order valence-corrected chi connectivity index (χ4v) is 0.560. The van der Waals surface area contributed by atoms with E-state index in [1.807, 2.05) is 0 Å². The van der Waals surface area contributed by atoms with Gasteiger partial charge in [-0.25, -0.2) is 4.85 Å². The van der Waals surface area contributed by atoms with Gasteiger partial charge in [0.05, 0.1) is 0 Å². The van der Waals surface area contributed by atoms with Crippen LogP contribution in [0, 0.1) is 5.21 Å². The van der Waals surface area contributed by atoms with Crippen LogP contribution in [0.2, 0.25) is 0 Å². The van der Waals surface area contributed by atoms with Gasteiger partial charge in [0.25, 0.3) is 5.95 Å². The van der Waals surface area contributed by atoms with E-state index in [9.17, 15) is 5.21 Å². The van der Waals surface area contributed by atoms with Gasteiger partial charge in [-0.2, -0.15) is 0 Å². The Morgan fingerprint density at radius 2 is 1.71 bits per heavy atom. The van der Waals surface area contributed by atoms with E-state index in [0.29, 0.717) is 0 Å². The molecule has 2 heterocycles. The second-order valence-electron chi connectivity index (χ2n) is 1.92. The first-order chi connectivity index (χ1) is 6.77. The molecule has 0 atom stereocenters. The number of hydrogen-bond acceptors (Lipinski definition) is 10. The Bertz CT molecular complexity index is 412. The van der Waals surface area contributed by atoms with E-state index in [1.54, 1.807) is 0 Å². The van der Waals surface area contributed by atoms with Crippen LogP contribution in [0.5, 0.6) is 0 Å². The summed E-state index contributed by atoms with van der Waals surface area (Å²) in [6, 6.07) is 0. The first-order valence-corrected chi connectivity index (χ1v) is 3.12. The summed E-state index contributed by atoms with van der Waals surface area (Å²) < 4.78 is 0. The van der Waals surface area contributed by atoms with Crippen LogP contribution in [-0.4, -0.2) is 45.9 Å². The van der Waals surface area contributed by atoms with Gasteiger partial charge in [0, 0.05) is 0 Å². The van der Waals surface area contributed by atoms with E-state index < -0.39 is 0 Å². The van der Waals surface area contributed by atoms with Crippen LogP contribution < -0.4 is 0 Å². The molecular weight excluding hydrogens is 196 g/mol. The Balaban J connectivity index is 2.23. The van der Waals surface area contributed by atoms with Gasteiger partial charge in [0.2, 0.25) is 0 Å². The number of rotatable bonds is 2. The highest BCUT2D eigenvalue weighted by molar-refractivity contribution is 5.13. The number of hydrogen-bond donors (Lipinski definition) is 1. The van der Waals surface area contributed by atoms with Crippen molar-refractivity contribution in [1.29, 1.82) is 0 Å². The second kappa shape index (κ2) is 3.00. The average molecular weight is 197 g/mol. The van der Waals surface area contributed by atoms with E-state index in [1.165, 1.54) is 0 Å². The minimum Gasteiger partial charge on any atom is -0.787 e. The Morgan fingerprint density at radius 1 is 1.07 bits per heavy atom. The van der Waals surface area contributed by atoms with Crippen LogP contribution in [0.3, 0.4) is 0 Å². The molecule has 0 aliphatic carbocycles. The van der Waals surface area contributed by atoms with Crippen molar-refractivity contribution < 1.29 is 5.21 Å². The minimum absolute atomic E-state index is 0.0506. The molecule has 12 nitrogen and oxygen atoms in total. The lowest BCUT2D eigenvalue weighted by molar-refractivity contribution is 0.147. The predicted molar refractivity (Wildman–Crippen MR) is 35.8 cm³/mol. The summed E-state index contributed by atoms with van der Waals surface area (Å²) in [7, 11) is 0. The quantitative estimate of drug-likeness (QED) is 0.457. The van der Waals surface area contributed by atoms with Crippen LogP contribution in [-0.2, 0) is 0 Å². The van der Waals surface area contributed by atoms with E-state index in [4.69, 9.17) is 5.21 Å². The monoisotopic (exact) mass is 197 g/mol. The normalized spacial score (nSPS) is 11.1. The largest absolute Gasteiger partial charge is 0.787 e. The molecule has 0 aliphatic heterocycles. The molecule has 14 heavy (non-hydrogen) atoms. The van der Waals surface area contributed by atoms with E-state index in [0.717, 1.165) is 0 Å². The molecule has 12 heteroatoms. The van der Waals surface area contributed by atoms with Crippen molar-refractivity contribution in [3.8, 4) is 0 Å². The van der Waals surface area contributed by atoms with Crippen molar-refractivity contribution in [2.24, 2.45) is 10.2 Å². The molecule has 1 N–H and O–H groups in total. The van der Waals surface area contributed by atoms with Crippen molar-refractivity contribution in [1.82, 2.24) is 40.7 Å². The van der Waals surface area contributed by atoms with Crippen molar-refractivity contribution in [2.45, 2.75) is 0 Å². The fraction of sp³-hybridized carbons (Fsp3) is 0. The highest BCUT2D eigenvalue weighted by Crippen LogP contribution is 2.08. The molecule has 0 saturated carbocycles. The van der Waals surface area contributed by atoms with Gasteiger partial charge in [-0.15, -0.1) is 10.2 Å². The summed E-state index contributed by atoms with van der Waals surface area (Å²) in [5.41, 5.74) is 0. The van der Waals surface area contributed by atoms with Crippen molar-refractivity contribution in [2.75, 3.05) is 0 Å². The van der Waals surface area contributed by atoms with Gasteiger partial charge in [-0.1, -0.05) is 10.2 Å². The maximum absolute atomic E-state index is 10.7. The third-order valence-electron chi connectivity index (χ3n) is 1.09. The summed E-state index contributed by atoms with van der Waals surface area (Å²) in [6.45, 7) is 0. The molecule has 0 aromatic carbocycles. The van der Waals surface area contributed by atoms with Gasteiger partial charge < -0.3 is 10.4 Å². The first kappa shape index (κ1) is 7.96. The first-order valence-electron chi connectivity index (χ1n) is 3.12. The zero-order valence-electron chi connectivity index (χ0n) is 6.33. The number of tetrazole rings is 2. The summed E-state index contributed by atoms with van der Waals surface area (Å²) in [5.74, 6) is -0.680. The molecule has 72 valence electrons. The maximum atomic E-state index is 10.7. The van der Waals surface area contributed by atoms with E-state index in [2.05, 4.69) is 41.3 Å². The molecular formula is C2HN10O2-. The fourth-order valence-electron chi connectivity index (χ4n) is 0.560. The summed E-state index contributed by atoms with van der Waals surface area (Å²) in [4.78, 5) is 0.331. The molecule has 2 aromatic heterocycles. The lowest BCUT2D eigenvalue weighted by Crippen LogP contribution is -1.91. The molecule has 0 amide bonds. The molecule has 0 aliphatic rings. The lowest BCUT2D eigenvalue weighted by atomic mass is 11.1. The minimum atomic E-state index is -0.381. The van der Waals surface area contributed by atoms with Gasteiger partial charge in [-0.05, 0) is 25.7 Å². The van der Waals surface area contributed by atoms with Crippen molar-refractivity contribution in [3.05, 3.63) is 5.21 Å². The van der Waals surface area contributed by atoms with Crippen LogP contribution in [0.15, 0.2) is 10.2 Å². The molecule has 0 fully saturated rings. The van der Waals surface area contributed by atoms with Gasteiger partial charge in [0.15, 0.2) is 0 Å². The molecule has 2 aromatic rings.